The van der Waals surface area contributed by atoms with E-state index in [1.807, 2.05) is 13.8 Å². The zero-order valence-corrected chi connectivity index (χ0v) is 17.8. The Morgan fingerprint density at radius 2 is 2.15 bits per heavy atom. The Morgan fingerprint density at radius 1 is 1.41 bits per heavy atom. The van der Waals surface area contributed by atoms with E-state index < -0.39 is 10.0 Å². The molecular formula is C19H29ClN2O4S. The maximum absolute atomic E-state index is 12.9. The fraction of sp³-hybridized carbons (Fsp3) is 0.632. The summed E-state index contributed by atoms with van der Waals surface area (Å²) >= 11 is 6.03. The van der Waals surface area contributed by atoms with Crippen LogP contribution < -0.4 is 9.46 Å². The van der Waals surface area contributed by atoms with Crippen LogP contribution in [0.4, 0.5) is 0 Å². The average molecular weight is 417 g/mol. The second kappa shape index (κ2) is 9.75. The minimum absolute atomic E-state index is 0.0988. The molecule has 0 aromatic heterocycles. The van der Waals surface area contributed by atoms with Crippen LogP contribution in [0.1, 0.15) is 43.5 Å². The molecular weight excluding hydrogens is 388 g/mol. The average Bonchev–Trinajstić information content (AvgIpc) is 2.64. The quantitative estimate of drug-likeness (QED) is 0.706. The van der Waals surface area contributed by atoms with Crippen molar-refractivity contribution >= 4 is 27.5 Å². The predicted octanol–water partition coefficient (Wildman–Crippen LogP) is 3.17. The van der Waals surface area contributed by atoms with Gasteiger partial charge in [0.05, 0.1) is 18.4 Å². The topological polar surface area (TPSA) is 75.7 Å². The molecule has 2 rings (SSSR count). The monoisotopic (exact) mass is 416 g/mol. The van der Waals surface area contributed by atoms with Crippen molar-refractivity contribution in [2.24, 2.45) is 11.8 Å². The third kappa shape index (κ3) is 6.66. The van der Waals surface area contributed by atoms with E-state index in [2.05, 4.69) is 4.72 Å². The lowest BCUT2D eigenvalue weighted by Gasteiger charge is -2.33. The van der Waals surface area contributed by atoms with Gasteiger partial charge in [-0.15, -0.1) is 0 Å². The zero-order chi connectivity index (χ0) is 20.0. The summed E-state index contributed by atoms with van der Waals surface area (Å²) in [5.74, 6) is 0.932. The molecule has 0 radical (unpaired) electrons. The summed E-state index contributed by atoms with van der Waals surface area (Å²) in [6.07, 6.45) is 2.37. The molecule has 0 aliphatic carbocycles. The lowest BCUT2D eigenvalue weighted by Crippen LogP contribution is -2.44. The Morgan fingerprint density at radius 3 is 2.81 bits per heavy atom. The van der Waals surface area contributed by atoms with Crippen molar-refractivity contribution in [2.75, 3.05) is 32.5 Å². The van der Waals surface area contributed by atoms with Gasteiger partial charge < -0.3 is 9.64 Å². The van der Waals surface area contributed by atoms with E-state index >= 15 is 0 Å². The summed E-state index contributed by atoms with van der Waals surface area (Å²) in [5, 5.41) is 0.477. The van der Waals surface area contributed by atoms with Crippen LogP contribution >= 0.6 is 11.6 Å². The second-order valence-electron chi connectivity index (χ2n) is 7.45. The molecule has 8 heteroatoms. The summed E-state index contributed by atoms with van der Waals surface area (Å²) in [6, 6.07) is 4.98. The van der Waals surface area contributed by atoms with Crippen LogP contribution in [0.5, 0.6) is 5.75 Å². The van der Waals surface area contributed by atoms with Gasteiger partial charge in [0.1, 0.15) is 5.75 Å². The first-order chi connectivity index (χ1) is 12.7. The van der Waals surface area contributed by atoms with Gasteiger partial charge in [0, 0.05) is 24.7 Å². The van der Waals surface area contributed by atoms with Crippen molar-refractivity contribution in [1.29, 1.82) is 0 Å². The molecule has 1 saturated heterocycles. The molecule has 1 amide bonds. The lowest BCUT2D eigenvalue weighted by atomic mass is 9.97. The SMILES string of the molecule is COc1ccc(Cl)cc1C(=O)N1CCC[C@H](CNS(=O)(=O)CCC(C)C)C1. The molecule has 1 aromatic carbocycles. The number of nitrogens with one attached hydrogen (secondary N) is 1. The van der Waals surface area contributed by atoms with Gasteiger partial charge in [-0.05, 0) is 49.3 Å². The summed E-state index contributed by atoms with van der Waals surface area (Å²) in [6.45, 7) is 5.53. The highest BCUT2D eigenvalue weighted by Crippen LogP contribution is 2.26. The third-order valence-corrected chi connectivity index (χ3v) is 6.37. The Labute approximate surface area is 167 Å². The number of piperidine rings is 1. The van der Waals surface area contributed by atoms with Gasteiger partial charge in [-0.25, -0.2) is 13.1 Å². The number of nitrogens with zero attached hydrogens (tertiary/aromatic N) is 1. The molecule has 1 atom stereocenters. The third-order valence-electron chi connectivity index (χ3n) is 4.75. The van der Waals surface area contributed by atoms with Gasteiger partial charge in [0.25, 0.3) is 5.91 Å². The molecule has 1 N–H and O–H groups in total. The van der Waals surface area contributed by atoms with Gasteiger partial charge in [-0.2, -0.15) is 0 Å². The molecule has 1 aromatic rings. The molecule has 1 aliphatic heterocycles. The largest absolute Gasteiger partial charge is 0.496 e. The van der Waals surface area contributed by atoms with E-state index in [0.717, 1.165) is 12.8 Å². The highest BCUT2D eigenvalue weighted by atomic mass is 35.5. The van der Waals surface area contributed by atoms with Crippen molar-refractivity contribution in [2.45, 2.75) is 33.1 Å². The number of carbonyl (C=O) groups excluding carboxylic acids is 1. The number of ether oxygens (including phenoxy) is 1. The van der Waals surface area contributed by atoms with Crippen LogP contribution in [0.3, 0.4) is 0 Å². The Hall–Kier alpha value is -1.31. The van der Waals surface area contributed by atoms with Gasteiger partial charge >= 0.3 is 0 Å². The van der Waals surface area contributed by atoms with E-state index in [-0.39, 0.29) is 17.6 Å². The fourth-order valence-electron chi connectivity index (χ4n) is 3.14. The lowest BCUT2D eigenvalue weighted by molar-refractivity contribution is 0.0673. The summed E-state index contributed by atoms with van der Waals surface area (Å²) in [7, 11) is -1.75. The molecule has 1 aliphatic rings. The summed E-state index contributed by atoms with van der Waals surface area (Å²) < 4.78 is 32.2. The number of sulfonamides is 1. The number of carbonyl (C=O) groups is 1. The van der Waals surface area contributed by atoms with Crippen molar-refractivity contribution in [1.82, 2.24) is 9.62 Å². The molecule has 1 heterocycles. The molecule has 1 fully saturated rings. The molecule has 0 bridgehead atoms. The van der Waals surface area contributed by atoms with Gasteiger partial charge in [-0.1, -0.05) is 25.4 Å². The number of rotatable bonds is 8. The minimum atomic E-state index is -3.27. The maximum atomic E-state index is 12.9. The maximum Gasteiger partial charge on any atom is 0.257 e. The highest BCUT2D eigenvalue weighted by molar-refractivity contribution is 7.89. The van der Waals surface area contributed by atoms with Crippen molar-refractivity contribution in [3.63, 3.8) is 0 Å². The normalized spacial score (nSPS) is 18.0. The molecule has 27 heavy (non-hydrogen) atoms. The molecule has 0 spiro atoms. The van der Waals surface area contributed by atoms with Gasteiger partial charge in [0.2, 0.25) is 10.0 Å². The number of likely N-dealkylation sites (tertiary alicyclic amines) is 1. The van der Waals surface area contributed by atoms with Gasteiger partial charge in [0.15, 0.2) is 0 Å². The van der Waals surface area contributed by atoms with E-state index in [9.17, 15) is 13.2 Å². The van der Waals surface area contributed by atoms with E-state index in [1.165, 1.54) is 7.11 Å². The zero-order valence-electron chi connectivity index (χ0n) is 16.2. The van der Waals surface area contributed by atoms with Crippen LogP contribution in [-0.2, 0) is 10.0 Å². The van der Waals surface area contributed by atoms with E-state index in [0.29, 0.717) is 48.3 Å². The van der Waals surface area contributed by atoms with Crippen LogP contribution in [0.25, 0.3) is 0 Å². The van der Waals surface area contributed by atoms with Crippen LogP contribution in [0.15, 0.2) is 18.2 Å². The number of halogens is 1. The van der Waals surface area contributed by atoms with E-state index in [4.69, 9.17) is 16.3 Å². The second-order valence-corrected chi connectivity index (χ2v) is 9.82. The molecule has 0 saturated carbocycles. The number of benzene rings is 1. The van der Waals surface area contributed by atoms with Crippen molar-refractivity contribution in [3.05, 3.63) is 28.8 Å². The summed E-state index contributed by atoms with van der Waals surface area (Å²) in [5.41, 5.74) is 0.433. The van der Waals surface area contributed by atoms with E-state index in [1.54, 1.807) is 23.1 Å². The molecule has 152 valence electrons. The Balaban J connectivity index is 1.97. The standard InChI is InChI=1S/C19H29ClN2O4S/c1-14(2)8-10-27(24,25)21-12-15-5-4-9-22(13-15)19(23)17-11-16(20)6-7-18(17)26-3/h6-7,11,14-15,21H,4-5,8-10,12-13H2,1-3H3/t15-/m1/s1. The van der Waals surface area contributed by atoms with Gasteiger partial charge in [-0.3, -0.25) is 4.79 Å². The summed E-state index contributed by atoms with van der Waals surface area (Å²) in [4.78, 5) is 14.7. The Kier molecular flexibility index (Phi) is 7.94. The number of amides is 1. The molecule has 6 nitrogen and oxygen atoms in total. The smallest absolute Gasteiger partial charge is 0.257 e. The minimum Gasteiger partial charge on any atom is -0.496 e. The number of methoxy groups -OCH3 is 1. The molecule has 0 unspecified atom stereocenters. The highest BCUT2D eigenvalue weighted by Gasteiger charge is 2.27. The predicted molar refractivity (Wildman–Crippen MR) is 108 cm³/mol. The fourth-order valence-corrected chi connectivity index (χ4v) is 4.73. The first kappa shape index (κ1) is 22.0. The first-order valence-electron chi connectivity index (χ1n) is 9.32. The number of hydrogen-bond acceptors (Lipinski definition) is 4. The van der Waals surface area contributed by atoms with Crippen LogP contribution in [-0.4, -0.2) is 51.7 Å². The Bertz CT molecular complexity index is 752. The van der Waals surface area contributed by atoms with Crippen molar-refractivity contribution in [3.8, 4) is 5.75 Å². The number of hydrogen-bond donors (Lipinski definition) is 1. The van der Waals surface area contributed by atoms with Crippen molar-refractivity contribution < 1.29 is 17.9 Å². The van der Waals surface area contributed by atoms with Crippen LogP contribution in [0, 0.1) is 11.8 Å². The first-order valence-corrected chi connectivity index (χ1v) is 11.3. The van der Waals surface area contributed by atoms with Crippen LogP contribution in [0.2, 0.25) is 5.02 Å².